The summed E-state index contributed by atoms with van der Waals surface area (Å²) in [4.78, 5) is 0. The molecule has 1 saturated carbocycles. The lowest BCUT2D eigenvalue weighted by Crippen LogP contribution is -2.30. The largest absolute Gasteiger partial charge is 0.317 e. The molecule has 1 fully saturated rings. The third kappa shape index (κ3) is 3.85. The predicted molar refractivity (Wildman–Crippen MR) is 72.1 cm³/mol. The summed E-state index contributed by atoms with van der Waals surface area (Å²) < 4.78 is 12.0. The molecule has 0 radical (unpaired) electrons. The average molecular weight is 245 g/mol. The van der Waals surface area contributed by atoms with Crippen molar-refractivity contribution in [2.75, 3.05) is 12.8 Å². The maximum absolute atomic E-state index is 12.0. The Hall–Kier alpha value is 0.110. The summed E-state index contributed by atoms with van der Waals surface area (Å²) in [6, 6.07) is 0.673. The van der Waals surface area contributed by atoms with Crippen LogP contribution in [-0.4, -0.2) is 28.3 Å². The fourth-order valence-corrected chi connectivity index (χ4v) is 4.03. The van der Waals surface area contributed by atoms with Crippen LogP contribution in [0, 0.1) is 11.8 Å². The highest BCUT2D eigenvalue weighted by atomic mass is 32.2. The van der Waals surface area contributed by atoms with E-state index in [2.05, 4.69) is 33.1 Å². The number of hydrogen-bond acceptors (Lipinski definition) is 2. The van der Waals surface area contributed by atoms with Crippen molar-refractivity contribution in [3.8, 4) is 0 Å². The van der Waals surface area contributed by atoms with Gasteiger partial charge in [0.2, 0.25) is 0 Å². The van der Waals surface area contributed by atoms with E-state index in [1.165, 1.54) is 19.3 Å². The summed E-state index contributed by atoms with van der Waals surface area (Å²) in [6.45, 7) is 6.44. The molecule has 0 saturated heterocycles. The minimum Gasteiger partial charge on any atom is -0.317 e. The minimum absolute atomic E-state index is 0.342. The van der Waals surface area contributed by atoms with Crippen LogP contribution in [0.4, 0.5) is 0 Å². The predicted octanol–water partition coefficient (Wildman–Crippen LogP) is 2.56. The zero-order valence-corrected chi connectivity index (χ0v) is 12.0. The molecule has 0 aromatic rings. The Bertz CT molecular complexity index is 230. The fraction of sp³-hybridized carbons (Fsp3) is 1.00. The molecule has 1 aliphatic rings. The van der Waals surface area contributed by atoms with Crippen molar-refractivity contribution in [3.05, 3.63) is 0 Å². The molecule has 3 heteroatoms. The van der Waals surface area contributed by atoms with Crippen LogP contribution in [0.1, 0.15) is 46.5 Å². The highest BCUT2D eigenvalue weighted by Crippen LogP contribution is 2.28. The minimum atomic E-state index is -0.636. The van der Waals surface area contributed by atoms with E-state index >= 15 is 0 Å². The van der Waals surface area contributed by atoms with Gasteiger partial charge in [-0.3, -0.25) is 4.21 Å². The van der Waals surface area contributed by atoms with E-state index in [1.54, 1.807) is 0 Å². The maximum Gasteiger partial charge on any atom is 0.0342 e. The van der Waals surface area contributed by atoms with Crippen molar-refractivity contribution < 1.29 is 4.21 Å². The molecular formula is C13H27NOS. The second kappa shape index (κ2) is 6.75. The maximum atomic E-state index is 12.0. The first-order valence-corrected chi connectivity index (χ1v) is 7.99. The molecule has 4 unspecified atom stereocenters. The van der Waals surface area contributed by atoms with E-state index in [0.717, 1.165) is 18.1 Å². The lowest BCUT2D eigenvalue weighted by Gasteiger charge is -2.20. The van der Waals surface area contributed by atoms with Gasteiger partial charge in [0.05, 0.1) is 0 Å². The van der Waals surface area contributed by atoms with Gasteiger partial charge < -0.3 is 5.32 Å². The van der Waals surface area contributed by atoms with E-state index < -0.39 is 10.8 Å². The monoisotopic (exact) mass is 245 g/mol. The van der Waals surface area contributed by atoms with E-state index in [9.17, 15) is 4.21 Å². The standard InChI is InChI=1S/C13H27NOS/c1-10(2)11(3)16(15)9-8-12-6-5-7-13(12)14-4/h10-14H,5-9H2,1-4H3. The second-order valence-corrected chi connectivity index (χ2v) is 7.32. The van der Waals surface area contributed by atoms with Gasteiger partial charge in [0.15, 0.2) is 0 Å². The highest BCUT2D eigenvalue weighted by molar-refractivity contribution is 7.85. The third-order valence-corrected chi connectivity index (χ3v) is 6.08. The van der Waals surface area contributed by atoms with Gasteiger partial charge in [-0.15, -0.1) is 0 Å². The van der Waals surface area contributed by atoms with E-state index in [1.807, 2.05) is 0 Å². The van der Waals surface area contributed by atoms with Crippen LogP contribution in [0.15, 0.2) is 0 Å². The van der Waals surface area contributed by atoms with Gasteiger partial charge >= 0.3 is 0 Å². The molecule has 0 aliphatic heterocycles. The summed E-state index contributed by atoms with van der Waals surface area (Å²) in [7, 11) is 1.42. The van der Waals surface area contributed by atoms with Crippen LogP contribution in [0.5, 0.6) is 0 Å². The first-order valence-electron chi connectivity index (χ1n) is 6.60. The Kier molecular flexibility index (Phi) is 5.98. The second-order valence-electron chi connectivity index (χ2n) is 5.41. The third-order valence-electron chi connectivity index (χ3n) is 4.07. The quantitative estimate of drug-likeness (QED) is 0.779. The molecule has 1 N–H and O–H groups in total. The van der Waals surface area contributed by atoms with Crippen molar-refractivity contribution in [1.82, 2.24) is 5.32 Å². The Morgan fingerprint density at radius 1 is 1.31 bits per heavy atom. The van der Waals surface area contributed by atoms with Crippen molar-refractivity contribution >= 4 is 10.8 Å². The van der Waals surface area contributed by atoms with Gasteiger partial charge in [-0.05, 0) is 38.1 Å². The fourth-order valence-electron chi connectivity index (χ4n) is 2.52. The van der Waals surface area contributed by atoms with Crippen molar-refractivity contribution in [1.29, 1.82) is 0 Å². The molecule has 0 bridgehead atoms. The first-order chi connectivity index (χ1) is 7.56. The van der Waals surface area contributed by atoms with Gasteiger partial charge in [0.25, 0.3) is 0 Å². The van der Waals surface area contributed by atoms with Crippen LogP contribution >= 0.6 is 0 Å². The molecule has 2 nitrogen and oxygen atoms in total. The molecular weight excluding hydrogens is 218 g/mol. The molecule has 0 aromatic carbocycles. The summed E-state index contributed by atoms with van der Waals surface area (Å²) >= 11 is 0. The van der Waals surface area contributed by atoms with Crippen LogP contribution in [-0.2, 0) is 10.8 Å². The summed E-state index contributed by atoms with van der Waals surface area (Å²) in [5, 5.41) is 3.73. The molecule has 4 atom stereocenters. The van der Waals surface area contributed by atoms with Crippen molar-refractivity contribution in [2.45, 2.75) is 57.7 Å². The molecule has 1 rings (SSSR count). The zero-order chi connectivity index (χ0) is 12.1. The zero-order valence-electron chi connectivity index (χ0n) is 11.2. The Labute approximate surface area is 103 Å². The number of nitrogens with one attached hydrogen (secondary N) is 1. The van der Waals surface area contributed by atoms with Crippen molar-refractivity contribution in [2.24, 2.45) is 11.8 Å². The lowest BCUT2D eigenvalue weighted by atomic mass is 10.0. The summed E-state index contributed by atoms with van der Waals surface area (Å²) in [5.74, 6) is 2.18. The Morgan fingerprint density at radius 2 is 2.00 bits per heavy atom. The van der Waals surface area contributed by atoms with Crippen molar-refractivity contribution in [3.63, 3.8) is 0 Å². The average Bonchev–Trinajstić information content (AvgIpc) is 2.71. The SMILES string of the molecule is CNC1CCCC1CCS(=O)C(C)C(C)C. The molecule has 96 valence electrons. The molecule has 0 amide bonds. The number of hydrogen-bond donors (Lipinski definition) is 1. The van der Waals surface area contributed by atoms with E-state index in [0.29, 0.717) is 17.2 Å². The topological polar surface area (TPSA) is 29.1 Å². The molecule has 1 aliphatic carbocycles. The van der Waals surface area contributed by atoms with Gasteiger partial charge in [-0.1, -0.05) is 27.2 Å². The van der Waals surface area contributed by atoms with E-state index in [4.69, 9.17) is 0 Å². The van der Waals surface area contributed by atoms with Gasteiger partial charge in [-0.2, -0.15) is 0 Å². The van der Waals surface area contributed by atoms with Crippen LogP contribution in [0.3, 0.4) is 0 Å². The Balaban J connectivity index is 2.31. The number of rotatable bonds is 6. The molecule has 16 heavy (non-hydrogen) atoms. The Morgan fingerprint density at radius 3 is 2.56 bits per heavy atom. The smallest absolute Gasteiger partial charge is 0.0342 e. The molecule has 0 aromatic heterocycles. The van der Waals surface area contributed by atoms with E-state index in [-0.39, 0.29) is 0 Å². The normalized spacial score (nSPS) is 29.6. The van der Waals surface area contributed by atoms with Gasteiger partial charge in [0.1, 0.15) is 0 Å². The van der Waals surface area contributed by atoms with Crippen LogP contribution in [0.25, 0.3) is 0 Å². The summed E-state index contributed by atoms with van der Waals surface area (Å²) in [6.07, 6.45) is 5.09. The summed E-state index contributed by atoms with van der Waals surface area (Å²) in [5.41, 5.74) is 0. The van der Waals surface area contributed by atoms with Gasteiger partial charge in [0, 0.05) is 27.8 Å². The molecule has 0 heterocycles. The van der Waals surface area contributed by atoms with Gasteiger partial charge in [-0.25, -0.2) is 0 Å². The lowest BCUT2D eigenvalue weighted by molar-refractivity contribution is 0.415. The van der Waals surface area contributed by atoms with Crippen LogP contribution < -0.4 is 5.32 Å². The van der Waals surface area contributed by atoms with Crippen LogP contribution in [0.2, 0.25) is 0 Å². The molecule has 0 spiro atoms. The first kappa shape index (κ1) is 14.2. The highest BCUT2D eigenvalue weighted by Gasteiger charge is 2.26.